The summed E-state index contributed by atoms with van der Waals surface area (Å²) in [7, 11) is 0. The maximum atomic E-state index is 15.3. The SMILES string of the molecule is CCn1cc(C(=O)O)c(=O)c2cc(F)c(N3CCN(C(=O)OCc4ccc(NC(=O)[C@H](CCCNC(N)=O)NC(=O)[C@@H](CC(F)(F)F)NC(=O)OCc5ccccc5)cc4)CC3)cc21. The molecule has 1 aliphatic rings. The molecule has 342 valence electrons. The number of hydrogen-bond acceptors (Lipinski definition) is 10. The number of primary amides is 1. The third-order valence-corrected chi connectivity index (χ3v) is 10.0. The highest BCUT2D eigenvalue weighted by Gasteiger charge is 2.38. The molecule has 5 rings (SSSR count). The third kappa shape index (κ3) is 13.3. The lowest BCUT2D eigenvalue weighted by Gasteiger charge is -2.35. The lowest BCUT2D eigenvalue weighted by atomic mass is 10.1. The minimum absolute atomic E-state index is 0.0292. The number of urea groups is 1. The zero-order valence-electron chi connectivity index (χ0n) is 34.4. The number of pyridine rings is 1. The van der Waals surface area contributed by atoms with Crippen molar-refractivity contribution in [3.05, 3.63) is 106 Å². The van der Waals surface area contributed by atoms with Gasteiger partial charge in [0, 0.05) is 56.5 Å². The maximum Gasteiger partial charge on any atom is 0.410 e. The molecule has 0 unspecified atom stereocenters. The summed E-state index contributed by atoms with van der Waals surface area (Å²) in [6.07, 6.45) is -7.49. The number of ether oxygens (including phenoxy) is 2. The zero-order valence-corrected chi connectivity index (χ0v) is 34.4. The molecule has 7 N–H and O–H groups in total. The number of benzene rings is 3. The Hall–Kier alpha value is -7.39. The number of nitrogens with zero attached hydrogens (tertiary/aromatic N) is 3. The van der Waals surface area contributed by atoms with Crippen LogP contribution in [0.3, 0.4) is 0 Å². The fourth-order valence-electron chi connectivity index (χ4n) is 6.74. The molecule has 0 spiro atoms. The normalized spacial score (nSPS) is 13.6. The molecule has 1 saturated heterocycles. The minimum atomic E-state index is -4.90. The number of amides is 6. The van der Waals surface area contributed by atoms with Gasteiger partial charge in [-0.3, -0.25) is 14.4 Å². The van der Waals surface area contributed by atoms with Crippen LogP contribution in [0.5, 0.6) is 0 Å². The van der Waals surface area contributed by atoms with Crippen molar-refractivity contribution in [1.82, 2.24) is 25.4 Å². The third-order valence-electron chi connectivity index (χ3n) is 10.0. The van der Waals surface area contributed by atoms with Crippen molar-refractivity contribution in [1.29, 1.82) is 0 Å². The second-order valence-electron chi connectivity index (χ2n) is 14.6. The largest absolute Gasteiger partial charge is 0.477 e. The van der Waals surface area contributed by atoms with Crippen molar-refractivity contribution in [3.63, 3.8) is 0 Å². The molecule has 0 bridgehead atoms. The van der Waals surface area contributed by atoms with E-state index in [9.17, 15) is 51.8 Å². The van der Waals surface area contributed by atoms with Gasteiger partial charge in [-0.15, -0.1) is 0 Å². The van der Waals surface area contributed by atoms with Gasteiger partial charge in [0.15, 0.2) is 0 Å². The number of fused-ring (bicyclic) bond motifs is 1. The van der Waals surface area contributed by atoms with E-state index in [-0.39, 0.29) is 75.5 Å². The van der Waals surface area contributed by atoms with Crippen LogP contribution >= 0.6 is 0 Å². The Bertz CT molecular complexity index is 2390. The number of carbonyl (C=O) groups is 6. The summed E-state index contributed by atoms with van der Waals surface area (Å²) in [5.41, 5.74) is 5.64. The predicted octanol–water partition coefficient (Wildman–Crippen LogP) is 4.44. The van der Waals surface area contributed by atoms with Crippen LogP contribution in [0.25, 0.3) is 10.9 Å². The minimum Gasteiger partial charge on any atom is -0.477 e. The van der Waals surface area contributed by atoms with Crippen molar-refractivity contribution >= 4 is 58.3 Å². The van der Waals surface area contributed by atoms with Gasteiger partial charge in [0.25, 0.3) is 0 Å². The Morgan fingerprint density at radius 2 is 1.52 bits per heavy atom. The molecular weight excluding hydrogens is 852 g/mol. The molecule has 3 aromatic carbocycles. The Labute approximate surface area is 362 Å². The smallest absolute Gasteiger partial charge is 0.410 e. The molecule has 0 radical (unpaired) electrons. The van der Waals surface area contributed by atoms with Crippen LogP contribution < -0.4 is 37.3 Å². The second kappa shape index (κ2) is 21.6. The summed E-state index contributed by atoms with van der Waals surface area (Å²) >= 11 is 0. The highest BCUT2D eigenvalue weighted by molar-refractivity contribution is 5.98. The molecular formula is C42H46F4N8O10. The first-order valence-corrected chi connectivity index (χ1v) is 20.0. The Morgan fingerprint density at radius 3 is 2.14 bits per heavy atom. The van der Waals surface area contributed by atoms with E-state index in [0.29, 0.717) is 23.2 Å². The van der Waals surface area contributed by atoms with Crippen LogP contribution in [0.2, 0.25) is 0 Å². The van der Waals surface area contributed by atoms with Crippen LogP contribution in [0.4, 0.5) is 43.3 Å². The lowest BCUT2D eigenvalue weighted by Crippen LogP contribution is -2.54. The quantitative estimate of drug-likeness (QED) is 0.0640. The number of carboxylic acids is 1. The summed E-state index contributed by atoms with van der Waals surface area (Å²) in [5.74, 6) is -4.29. The van der Waals surface area contributed by atoms with Gasteiger partial charge in [-0.25, -0.2) is 23.6 Å². The Balaban J connectivity index is 1.16. The van der Waals surface area contributed by atoms with Gasteiger partial charge in [-0.2, -0.15) is 13.2 Å². The molecule has 0 saturated carbocycles. The molecule has 18 nitrogen and oxygen atoms in total. The van der Waals surface area contributed by atoms with Crippen LogP contribution in [0.15, 0.2) is 77.7 Å². The van der Waals surface area contributed by atoms with E-state index in [1.807, 2.05) is 5.32 Å². The van der Waals surface area contributed by atoms with E-state index in [1.165, 1.54) is 41.4 Å². The number of carbonyl (C=O) groups excluding carboxylic acids is 5. The molecule has 2 atom stereocenters. The van der Waals surface area contributed by atoms with E-state index >= 15 is 4.39 Å². The zero-order chi connectivity index (χ0) is 46.6. The van der Waals surface area contributed by atoms with Crippen LogP contribution in [0.1, 0.15) is 47.7 Å². The molecule has 6 amide bonds. The van der Waals surface area contributed by atoms with E-state index in [2.05, 4.69) is 16.0 Å². The second-order valence-corrected chi connectivity index (χ2v) is 14.6. The first-order chi connectivity index (χ1) is 30.4. The van der Waals surface area contributed by atoms with Crippen LogP contribution in [0, 0.1) is 5.82 Å². The van der Waals surface area contributed by atoms with Crippen molar-refractivity contribution in [2.75, 3.05) is 42.9 Å². The topological polar surface area (TPSA) is 244 Å². The molecule has 1 aromatic heterocycles. The average molecular weight is 899 g/mol. The maximum absolute atomic E-state index is 15.3. The predicted molar refractivity (Wildman–Crippen MR) is 223 cm³/mol. The Kier molecular flexibility index (Phi) is 16.1. The number of carboxylic acid groups (broad SMARTS) is 1. The summed E-state index contributed by atoms with van der Waals surface area (Å²) in [6.45, 7) is 2.38. The van der Waals surface area contributed by atoms with Crippen molar-refractivity contribution in [2.45, 2.75) is 64.2 Å². The lowest BCUT2D eigenvalue weighted by molar-refractivity contribution is -0.149. The van der Waals surface area contributed by atoms with Gasteiger partial charge in [-0.1, -0.05) is 42.5 Å². The number of hydrogen-bond donors (Lipinski definition) is 6. The van der Waals surface area contributed by atoms with Gasteiger partial charge in [0.1, 0.15) is 36.7 Å². The van der Waals surface area contributed by atoms with Gasteiger partial charge in [0.2, 0.25) is 17.2 Å². The fraction of sp³-hybridized carbons (Fsp3) is 0.357. The number of piperazine rings is 1. The number of alkyl halides is 3. The Morgan fingerprint density at radius 1 is 0.859 bits per heavy atom. The monoisotopic (exact) mass is 898 g/mol. The molecule has 2 heterocycles. The number of aryl methyl sites for hydroxylation is 1. The molecule has 4 aromatic rings. The number of aromatic carboxylic acids is 1. The molecule has 64 heavy (non-hydrogen) atoms. The molecule has 0 aliphatic carbocycles. The molecule has 1 fully saturated rings. The highest BCUT2D eigenvalue weighted by Crippen LogP contribution is 2.27. The van der Waals surface area contributed by atoms with Crippen molar-refractivity contribution in [3.8, 4) is 0 Å². The van der Waals surface area contributed by atoms with Gasteiger partial charge in [0.05, 0.1) is 17.6 Å². The van der Waals surface area contributed by atoms with E-state index in [1.54, 1.807) is 46.7 Å². The van der Waals surface area contributed by atoms with Crippen molar-refractivity contribution < 1.29 is 60.9 Å². The number of nitrogens with one attached hydrogen (secondary N) is 4. The number of halogens is 4. The summed E-state index contributed by atoms with van der Waals surface area (Å²) in [5, 5.41) is 18.4. The number of anilines is 2. The van der Waals surface area contributed by atoms with Gasteiger partial charge < -0.3 is 55.9 Å². The van der Waals surface area contributed by atoms with Crippen LogP contribution in [-0.4, -0.2) is 102 Å². The molecule has 22 heteroatoms. The number of aromatic nitrogens is 1. The summed E-state index contributed by atoms with van der Waals surface area (Å²) < 4.78 is 67.9. The van der Waals surface area contributed by atoms with Gasteiger partial charge >= 0.3 is 30.4 Å². The molecule has 1 aliphatic heterocycles. The summed E-state index contributed by atoms with van der Waals surface area (Å²) in [6, 6.07) is 12.3. The first kappa shape index (κ1) is 47.7. The fourth-order valence-corrected chi connectivity index (χ4v) is 6.74. The van der Waals surface area contributed by atoms with Crippen molar-refractivity contribution in [2.24, 2.45) is 5.73 Å². The van der Waals surface area contributed by atoms with Crippen LogP contribution in [-0.2, 0) is 38.8 Å². The summed E-state index contributed by atoms with van der Waals surface area (Å²) in [4.78, 5) is 90.6. The highest BCUT2D eigenvalue weighted by atomic mass is 19.4. The standard InChI is InChI=1S/C42H46F4N8O10/c1-2-52-22-29(38(58)59)35(55)28-19-30(43)34(20-33(28)52)53-15-17-54(18-16-53)41(62)64-24-26-10-12-27(13-11-26)49-36(56)31(9-6-14-48-39(47)60)50-37(57)32(21-42(44,45)46)51-40(61)63-23-25-7-4-3-5-8-25/h3-5,7-8,10-13,19-20,22,31-32H,2,6,9,14-18,21,23-24H2,1H3,(H,49,56)(H,50,57)(H,51,61)(H,58,59)(H3,47,48,60)/t31-,32+/m0/s1. The average Bonchev–Trinajstić information content (AvgIpc) is 3.26. The first-order valence-electron chi connectivity index (χ1n) is 20.0. The van der Waals surface area contributed by atoms with E-state index in [4.69, 9.17) is 15.2 Å². The number of nitrogens with two attached hydrogens (primary N) is 1. The number of alkyl carbamates (subject to hydrolysis) is 1. The van der Waals surface area contributed by atoms with E-state index < -0.39 is 77.5 Å². The van der Waals surface area contributed by atoms with Gasteiger partial charge in [-0.05, 0) is 55.2 Å². The number of rotatable bonds is 17. The van der Waals surface area contributed by atoms with E-state index in [0.717, 1.165) is 6.07 Å².